The number of rotatable bonds is 4. The third kappa shape index (κ3) is 3.39. The SMILES string of the molecule is CC(OC(=O)c1cc2ccccc2o1)C(=O)Nc1ccc(F)c(F)c1F. The van der Waals surface area contributed by atoms with E-state index in [2.05, 4.69) is 0 Å². The zero-order valence-electron chi connectivity index (χ0n) is 13.4. The summed E-state index contributed by atoms with van der Waals surface area (Å²) in [6, 6.07) is 9.87. The molecule has 0 saturated heterocycles. The van der Waals surface area contributed by atoms with Crippen LogP contribution in [-0.4, -0.2) is 18.0 Å². The topological polar surface area (TPSA) is 68.5 Å². The van der Waals surface area contributed by atoms with Crippen LogP contribution in [0.2, 0.25) is 0 Å². The number of para-hydroxylation sites is 1. The molecule has 1 aromatic heterocycles. The van der Waals surface area contributed by atoms with Crippen LogP contribution in [0.4, 0.5) is 18.9 Å². The van der Waals surface area contributed by atoms with Crippen LogP contribution in [0.5, 0.6) is 0 Å². The molecule has 0 spiro atoms. The summed E-state index contributed by atoms with van der Waals surface area (Å²) in [5.74, 6) is -6.56. The number of halogens is 3. The highest BCUT2D eigenvalue weighted by Crippen LogP contribution is 2.21. The number of nitrogens with one attached hydrogen (secondary N) is 1. The Balaban J connectivity index is 1.69. The minimum absolute atomic E-state index is 0.107. The van der Waals surface area contributed by atoms with Gasteiger partial charge in [-0.2, -0.15) is 0 Å². The number of hydrogen-bond donors (Lipinski definition) is 1. The lowest BCUT2D eigenvalue weighted by Gasteiger charge is -2.13. The Morgan fingerprint density at radius 1 is 1.08 bits per heavy atom. The molecule has 2 aromatic carbocycles. The molecule has 0 fully saturated rings. The van der Waals surface area contributed by atoms with Crippen molar-refractivity contribution >= 4 is 28.5 Å². The number of anilines is 1. The molecule has 8 heteroatoms. The molecule has 0 aliphatic heterocycles. The zero-order valence-corrected chi connectivity index (χ0v) is 13.4. The number of furan rings is 1. The third-order valence-corrected chi connectivity index (χ3v) is 3.57. The monoisotopic (exact) mass is 363 g/mol. The zero-order chi connectivity index (χ0) is 18.8. The molecule has 1 N–H and O–H groups in total. The van der Waals surface area contributed by atoms with E-state index >= 15 is 0 Å². The van der Waals surface area contributed by atoms with Crippen LogP contribution in [0.15, 0.2) is 46.9 Å². The summed E-state index contributed by atoms with van der Waals surface area (Å²) in [5.41, 5.74) is -0.0963. The first-order chi connectivity index (χ1) is 12.4. The first kappa shape index (κ1) is 17.5. The van der Waals surface area contributed by atoms with Crippen molar-refractivity contribution in [3.63, 3.8) is 0 Å². The van der Waals surface area contributed by atoms with Crippen LogP contribution >= 0.6 is 0 Å². The van der Waals surface area contributed by atoms with Crippen LogP contribution in [0.25, 0.3) is 11.0 Å². The van der Waals surface area contributed by atoms with Gasteiger partial charge >= 0.3 is 5.97 Å². The molecular weight excluding hydrogens is 351 g/mol. The molecule has 0 aliphatic rings. The fourth-order valence-corrected chi connectivity index (χ4v) is 2.21. The van der Waals surface area contributed by atoms with E-state index in [0.29, 0.717) is 17.0 Å². The third-order valence-electron chi connectivity index (χ3n) is 3.57. The number of fused-ring (bicyclic) bond motifs is 1. The summed E-state index contributed by atoms with van der Waals surface area (Å²) in [6.07, 6.45) is -1.33. The molecule has 1 atom stereocenters. The smallest absolute Gasteiger partial charge is 0.375 e. The van der Waals surface area contributed by atoms with Crippen molar-refractivity contribution in [3.05, 3.63) is 65.7 Å². The van der Waals surface area contributed by atoms with Gasteiger partial charge in [0.2, 0.25) is 5.76 Å². The van der Waals surface area contributed by atoms with Crippen LogP contribution in [0.3, 0.4) is 0 Å². The van der Waals surface area contributed by atoms with E-state index in [1.807, 2.05) is 5.32 Å². The highest BCUT2D eigenvalue weighted by atomic mass is 19.2. The number of hydrogen-bond acceptors (Lipinski definition) is 4. The first-order valence-corrected chi connectivity index (χ1v) is 7.50. The van der Waals surface area contributed by atoms with Crippen LogP contribution in [0, 0.1) is 17.5 Å². The summed E-state index contributed by atoms with van der Waals surface area (Å²) in [4.78, 5) is 24.1. The average Bonchev–Trinajstić information content (AvgIpc) is 3.06. The second-order valence-corrected chi connectivity index (χ2v) is 5.41. The average molecular weight is 363 g/mol. The van der Waals surface area contributed by atoms with Crippen molar-refractivity contribution < 1.29 is 31.9 Å². The molecule has 1 heterocycles. The molecule has 26 heavy (non-hydrogen) atoms. The summed E-state index contributed by atoms with van der Waals surface area (Å²) >= 11 is 0. The number of benzene rings is 2. The second kappa shape index (κ2) is 6.91. The largest absolute Gasteiger partial charge is 0.449 e. The van der Waals surface area contributed by atoms with Gasteiger partial charge in [-0.25, -0.2) is 18.0 Å². The van der Waals surface area contributed by atoms with Gasteiger partial charge in [0.25, 0.3) is 5.91 Å². The maximum atomic E-state index is 13.6. The molecule has 0 aliphatic carbocycles. The molecule has 3 rings (SSSR count). The lowest BCUT2D eigenvalue weighted by Crippen LogP contribution is -2.30. The first-order valence-electron chi connectivity index (χ1n) is 7.50. The predicted molar refractivity (Wildman–Crippen MR) is 86.0 cm³/mol. The molecule has 0 saturated carbocycles. The maximum absolute atomic E-state index is 13.6. The number of esters is 1. The molecule has 1 amide bonds. The van der Waals surface area contributed by atoms with Gasteiger partial charge in [-0.15, -0.1) is 0 Å². The van der Waals surface area contributed by atoms with Crippen molar-refractivity contribution in [2.24, 2.45) is 0 Å². The van der Waals surface area contributed by atoms with Crippen molar-refractivity contribution in [2.75, 3.05) is 5.32 Å². The fraction of sp³-hybridized carbons (Fsp3) is 0.111. The highest BCUT2D eigenvalue weighted by Gasteiger charge is 2.23. The van der Waals surface area contributed by atoms with Gasteiger partial charge in [-0.3, -0.25) is 4.79 Å². The van der Waals surface area contributed by atoms with Gasteiger partial charge in [0, 0.05) is 5.39 Å². The van der Waals surface area contributed by atoms with Gasteiger partial charge in [0.1, 0.15) is 5.58 Å². The molecule has 0 bridgehead atoms. The van der Waals surface area contributed by atoms with Crippen molar-refractivity contribution in [2.45, 2.75) is 13.0 Å². The van der Waals surface area contributed by atoms with Crippen LogP contribution in [0.1, 0.15) is 17.5 Å². The number of amides is 1. The van der Waals surface area contributed by atoms with E-state index in [0.717, 1.165) is 6.07 Å². The Labute approximate surface area is 145 Å². The van der Waals surface area contributed by atoms with E-state index in [9.17, 15) is 22.8 Å². The Bertz CT molecular complexity index is 966. The highest BCUT2D eigenvalue weighted by molar-refractivity contribution is 5.98. The Morgan fingerprint density at radius 3 is 2.54 bits per heavy atom. The van der Waals surface area contributed by atoms with E-state index < -0.39 is 41.1 Å². The fourth-order valence-electron chi connectivity index (χ4n) is 2.21. The van der Waals surface area contributed by atoms with Crippen LogP contribution in [-0.2, 0) is 9.53 Å². The molecule has 5 nitrogen and oxygen atoms in total. The van der Waals surface area contributed by atoms with E-state index in [-0.39, 0.29) is 5.76 Å². The van der Waals surface area contributed by atoms with Gasteiger partial charge in [0.05, 0.1) is 5.69 Å². The Morgan fingerprint density at radius 2 is 1.81 bits per heavy atom. The van der Waals surface area contributed by atoms with E-state index in [1.165, 1.54) is 13.0 Å². The van der Waals surface area contributed by atoms with E-state index in [4.69, 9.17) is 9.15 Å². The number of carbonyl (C=O) groups is 2. The van der Waals surface area contributed by atoms with Crippen LogP contribution < -0.4 is 5.32 Å². The lowest BCUT2D eigenvalue weighted by atomic mass is 10.2. The summed E-state index contributed by atoms with van der Waals surface area (Å²) in [7, 11) is 0. The van der Waals surface area contributed by atoms with E-state index in [1.54, 1.807) is 24.3 Å². The number of carbonyl (C=O) groups excluding carboxylic acids is 2. The Hall–Kier alpha value is -3.29. The van der Waals surface area contributed by atoms with Gasteiger partial charge in [-0.1, -0.05) is 18.2 Å². The van der Waals surface area contributed by atoms with Gasteiger partial charge in [-0.05, 0) is 31.2 Å². The molecular formula is C18H12F3NO4. The standard InChI is InChI=1S/C18H12F3NO4/c1-9(17(23)22-12-7-6-11(19)15(20)16(12)21)25-18(24)14-8-10-4-2-3-5-13(10)26-14/h2-9H,1H3,(H,22,23). The Kier molecular flexibility index (Phi) is 4.66. The maximum Gasteiger partial charge on any atom is 0.375 e. The van der Waals surface area contributed by atoms with Crippen molar-refractivity contribution in [3.8, 4) is 0 Å². The lowest BCUT2D eigenvalue weighted by molar-refractivity contribution is -0.123. The quantitative estimate of drug-likeness (QED) is 0.561. The van der Waals surface area contributed by atoms with Gasteiger partial charge in [0.15, 0.2) is 23.6 Å². The summed E-state index contributed by atoms with van der Waals surface area (Å²) in [5, 5.41) is 2.71. The molecule has 0 radical (unpaired) electrons. The van der Waals surface area contributed by atoms with Crippen molar-refractivity contribution in [1.29, 1.82) is 0 Å². The van der Waals surface area contributed by atoms with Gasteiger partial charge < -0.3 is 14.5 Å². The molecule has 3 aromatic rings. The predicted octanol–water partition coefficient (Wildman–Crippen LogP) is 4.03. The minimum Gasteiger partial charge on any atom is -0.449 e. The minimum atomic E-state index is -1.71. The number of ether oxygens (including phenoxy) is 1. The normalized spacial score (nSPS) is 12.0. The molecule has 1 unspecified atom stereocenters. The molecule has 134 valence electrons. The summed E-state index contributed by atoms with van der Waals surface area (Å²) < 4.78 is 49.9. The summed E-state index contributed by atoms with van der Waals surface area (Å²) in [6.45, 7) is 1.24. The second-order valence-electron chi connectivity index (χ2n) is 5.41. The van der Waals surface area contributed by atoms with Crippen molar-refractivity contribution in [1.82, 2.24) is 0 Å².